The molecule has 0 saturated heterocycles. The first-order valence-corrected chi connectivity index (χ1v) is 14.6. The second-order valence-electron chi connectivity index (χ2n) is 10.5. The zero-order chi connectivity index (χ0) is 31.0. The molecule has 0 heterocycles. The number of halogens is 6. The van der Waals surface area contributed by atoms with Crippen LogP contribution in [0, 0.1) is 23.0 Å². The lowest BCUT2D eigenvalue weighted by molar-refractivity contribution is -0.156. The van der Waals surface area contributed by atoms with Crippen molar-refractivity contribution < 1.29 is 45.0 Å². The third kappa shape index (κ3) is 6.34. The number of ether oxygens (including phenoxy) is 1. The number of carboxylic acid groups (broad SMARTS) is 1. The fourth-order valence-electron chi connectivity index (χ4n) is 5.27. The highest BCUT2D eigenvalue weighted by Crippen LogP contribution is 2.48. The van der Waals surface area contributed by atoms with Crippen LogP contribution in [0.4, 0.5) is 27.6 Å². The molecular weight excluding hydrogens is 605 g/mol. The van der Waals surface area contributed by atoms with Gasteiger partial charge in [-0.15, -0.1) is 0 Å². The molecular formula is C29H27ClF5NO5S. The van der Waals surface area contributed by atoms with E-state index in [0.29, 0.717) is 31.4 Å². The number of anilines is 1. The first-order valence-electron chi connectivity index (χ1n) is 12.8. The second-order valence-corrected chi connectivity index (χ2v) is 12.8. The summed E-state index contributed by atoms with van der Waals surface area (Å²) < 4.78 is 103. The standard InChI is InChI=1S/C29H27ClF5NO5S/c1-28(27(37)38)15-17(16-28)5-4-10-36(42(39,40)21-7-3-6-19(12-21)29(33,34)35)24-11-18(8-9-25(24)41-2)22-13-20(31)14-23(32)26(22)30/h3,6-9,11-14,17H,4-5,10,15-16H2,1-2H3,(H,37,38). The van der Waals surface area contributed by atoms with Gasteiger partial charge in [0.25, 0.3) is 10.0 Å². The Hall–Kier alpha value is -3.38. The van der Waals surface area contributed by atoms with E-state index in [4.69, 9.17) is 16.3 Å². The molecule has 0 aliphatic heterocycles. The van der Waals surface area contributed by atoms with Gasteiger partial charge in [0, 0.05) is 18.2 Å². The van der Waals surface area contributed by atoms with Crippen LogP contribution in [0.1, 0.15) is 38.2 Å². The van der Waals surface area contributed by atoms with E-state index in [1.807, 2.05) is 0 Å². The molecule has 0 amide bonds. The van der Waals surface area contributed by atoms with Gasteiger partial charge in [-0.3, -0.25) is 9.10 Å². The molecule has 1 saturated carbocycles. The normalized spacial score (nSPS) is 18.8. The number of carboxylic acids is 1. The Balaban J connectivity index is 1.77. The summed E-state index contributed by atoms with van der Waals surface area (Å²) in [6.07, 6.45) is -3.29. The molecule has 6 nitrogen and oxygen atoms in total. The summed E-state index contributed by atoms with van der Waals surface area (Å²) in [5, 5.41) is 8.97. The van der Waals surface area contributed by atoms with E-state index >= 15 is 0 Å². The van der Waals surface area contributed by atoms with E-state index < -0.39 is 54.7 Å². The molecule has 3 aromatic rings. The molecule has 0 spiro atoms. The Morgan fingerprint density at radius 2 is 1.81 bits per heavy atom. The number of benzene rings is 3. The molecule has 4 rings (SSSR count). The van der Waals surface area contributed by atoms with Gasteiger partial charge in [-0.05, 0) is 80.5 Å². The van der Waals surface area contributed by atoms with E-state index in [-0.39, 0.29) is 41.4 Å². The lowest BCUT2D eigenvalue weighted by Crippen LogP contribution is -2.41. The van der Waals surface area contributed by atoms with Crippen LogP contribution in [0.2, 0.25) is 5.02 Å². The number of carbonyl (C=O) groups is 1. The van der Waals surface area contributed by atoms with E-state index in [0.717, 1.165) is 28.6 Å². The minimum Gasteiger partial charge on any atom is -0.495 e. The quantitative estimate of drug-likeness (QED) is 0.182. The van der Waals surface area contributed by atoms with Gasteiger partial charge in [0.05, 0.1) is 33.7 Å². The topological polar surface area (TPSA) is 83.9 Å². The molecule has 0 bridgehead atoms. The van der Waals surface area contributed by atoms with Gasteiger partial charge in [-0.1, -0.05) is 23.7 Å². The van der Waals surface area contributed by atoms with Crippen molar-refractivity contribution in [3.63, 3.8) is 0 Å². The molecule has 42 heavy (non-hydrogen) atoms. The third-order valence-electron chi connectivity index (χ3n) is 7.47. The van der Waals surface area contributed by atoms with Crippen LogP contribution >= 0.6 is 11.6 Å². The fraction of sp³-hybridized carbons (Fsp3) is 0.345. The summed E-state index contributed by atoms with van der Waals surface area (Å²) >= 11 is 6.08. The summed E-state index contributed by atoms with van der Waals surface area (Å²) in [4.78, 5) is 10.8. The lowest BCUT2D eigenvalue weighted by atomic mass is 9.62. The summed E-state index contributed by atoms with van der Waals surface area (Å²) in [7, 11) is -3.37. The van der Waals surface area contributed by atoms with Crippen LogP contribution in [0.15, 0.2) is 59.5 Å². The SMILES string of the molecule is COc1ccc(-c2cc(F)cc(F)c2Cl)cc1N(CCCC1CC(C)(C(=O)O)C1)S(=O)(=O)c1cccc(C(F)(F)F)c1. The van der Waals surface area contributed by atoms with Crippen LogP contribution < -0.4 is 9.04 Å². The number of aliphatic carboxylic acids is 1. The maximum Gasteiger partial charge on any atom is 0.416 e. The van der Waals surface area contributed by atoms with Crippen molar-refractivity contribution in [3.05, 3.63) is 76.8 Å². The maximum absolute atomic E-state index is 14.2. The molecule has 3 aromatic carbocycles. The van der Waals surface area contributed by atoms with Crippen LogP contribution in [0.5, 0.6) is 5.75 Å². The highest BCUT2D eigenvalue weighted by atomic mass is 35.5. The zero-order valence-corrected chi connectivity index (χ0v) is 24.1. The van der Waals surface area contributed by atoms with Crippen molar-refractivity contribution in [1.82, 2.24) is 0 Å². The van der Waals surface area contributed by atoms with Crippen molar-refractivity contribution in [2.24, 2.45) is 11.3 Å². The van der Waals surface area contributed by atoms with Crippen LogP contribution in [0.3, 0.4) is 0 Å². The van der Waals surface area contributed by atoms with Gasteiger partial charge in [-0.2, -0.15) is 13.2 Å². The Kier molecular flexibility index (Phi) is 8.80. The largest absolute Gasteiger partial charge is 0.495 e. The second kappa shape index (κ2) is 11.7. The fourth-order valence-corrected chi connectivity index (χ4v) is 7.04. The smallest absolute Gasteiger partial charge is 0.416 e. The molecule has 0 aromatic heterocycles. The first-order chi connectivity index (χ1) is 19.6. The summed E-state index contributed by atoms with van der Waals surface area (Å²) in [5.74, 6) is -2.82. The number of nitrogens with zero attached hydrogens (tertiary/aromatic N) is 1. The molecule has 0 unspecified atom stereocenters. The summed E-state index contributed by atoms with van der Waals surface area (Å²) in [6.45, 7) is 1.43. The van der Waals surface area contributed by atoms with Crippen molar-refractivity contribution in [3.8, 4) is 16.9 Å². The van der Waals surface area contributed by atoms with Crippen LogP contribution in [-0.4, -0.2) is 33.1 Å². The van der Waals surface area contributed by atoms with Gasteiger partial charge in [0.1, 0.15) is 17.4 Å². The van der Waals surface area contributed by atoms with Crippen molar-refractivity contribution >= 4 is 33.3 Å². The third-order valence-corrected chi connectivity index (χ3v) is 9.66. The minimum absolute atomic E-state index is 0.0199. The van der Waals surface area contributed by atoms with Crippen LogP contribution in [0.25, 0.3) is 11.1 Å². The van der Waals surface area contributed by atoms with Crippen molar-refractivity contribution in [2.75, 3.05) is 18.0 Å². The minimum atomic E-state index is -4.80. The molecule has 13 heteroatoms. The lowest BCUT2D eigenvalue weighted by Gasteiger charge is -2.42. The molecule has 1 N–H and O–H groups in total. The highest BCUT2D eigenvalue weighted by molar-refractivity contribution is 7.92. The van der Waals surface area contributed by atoms with Crippen molar-refractivity contribution in [1.29, 1.82) is 0 Å². The molecule has 1 aliphatic rings. The average Bonchev–Trinajstić information content (AvgIpc) is 2.91. The number of hydrogen-bond acceptors (Lipinski definition) is 4. The van der Waals surface area contributed by atoms with E-state index in [1.165, 1.54) is 25.3 Å². The molecule has 1 aliphatic carbocycles. The number of alkyl halides is 3. The monoisotopic (exact) mass is 631 g/mol. The van der Waals surface area contributed by atoms with E-state index in [2.05, 4.69) is 0 Å². The first kappa shape index (κ1) is 31.6. The average molecular weight is 632 g/mol. The predicted molar refractivity (Wildman–Crippen MR) is 147 cm³/mol. The highest BCUT2D eigenvalue weighted by Gasteiger charge is 2.46. The number of methoxy groups -OCH3 is 1. The van der Waals surface area contributed by atoms with Crippen molar-refractivity contribution in [2.45, 2.75) is 43.7 Å². The molecule has 0 radical (unpaired) electrons. The Bertz CT molecular complexity index is 1610. The molecule has 226 valence electrons. The number of hydrogen-bond donors (Lipinski definition) is 1. The molecule has 0 atom stereocenters. The number of sulfonamides is 1. The van der Waals surface area contributed by atoms with Gasteiger partial charge >= 0.3 is 12.1 Å². The maximum atomic E-state index is 14.2. The molecule has 1 fully saturated rings. The predicted octanol–water partition coefficient (Wildman–Crippen LogP) is 7.79. The Morgan fingerprint density at radius 1 is 1.12 bits per heavy atom. The van der Waals surface area contributed by atoms with E-state index in [1.54, 1.807) is 6.92 Å². The Morgan fingerprint density at radius 3 is 2.43 bits per heavy atom. The summed E-state index contributed by atoms with van der Waals surface area (Å²) in [6, 6.07) is 8.93. The van der Waals surface area contributed by atoms with Gasteiger partial charge in [-0.25, -0.2) is 17.2 Å². The number of rotatable bonds is 10. The van der Waals surface area contributed by atoms with E-state index in [9.17, 15) is 40.3 Å². The Labute approximate surface area is 244 Å². The van der Waals surface area contributed by atoms with Gasteiger partial charge in [0.15, 0.2) is 0 Å². The van der Waals surface area contributed by atoms with Gasteiger partial charge in [0.2, 0.25) is 0 Å². The van der Waals surface area contributed by atoms with Gasteiger partial charge < -0.3 is 9.84 Å². The van der Waals surface area contributed by atoms with Crippen LogP contribution in [-0.2, 0) is 21.0 Å². The zero-order valence-electron chi connectivity index (χ0n) is 22.5. The summed E-state index contributed by atoms with van der Waals surface area (Å²) in [5.41, 5.74) is -2.04.